The van der Waals surface area contributed by atoms with Crippen molar-refractivity contribution in [2.45, 2.75) is 50.1 Å². The Morgan fingerprint density at radius 1 is 1.40 bits per heavy atom. The molecule has 1 aliphatic rings. The fourth-order valence-corrected chi connectivity index (χ4v) is 4.73. The molecule has 1 saturated carbocycles. The van der Waals surface area contributed by atoms with E-state index in [0.717, 1.165) is 26.3 Å². The highest BCUT2D eigenvalue weighted by Crippen LogP contribution is 2.40. The molecular formula is C17H19N5OS2. The highest BCUT2D eigenvalue weighted by atomic mass is 32.2. The summed E-state index contributed by atoms with van der Waals surface area (Å²) >= 11 is 3.12. The molecule has 0 aliphatic heterocycles. The van der Waals surface area contributed by atoms with Gasteiger partial charge in [-0.05, 0) is 32.3 Å². The van der Waals surface area contributed by atoms with Crippen LogP contribution in [0.4, 0.5) is 0 Å². The summed E-state index contributed by atoms with van der Waals surface area (Å²) in [4.78, 5) is 21.9. The fourth-order valence-electron chi connectivity index (χ4n) is 2.85. The number of aromatic nitrogens is 5. The van der Waals surface area contributed by atoms with Crippen molar-refractivity contribution in [3.8, 4) is 0 Å². The van der Waals surface area contributed by atoms with E-state index in [0.29, 0.717) is 29.4 Å². The van der Waals surface area contributed by atoms with Gasteiger partial charge in [0.25, 0.3) is 5.56 Å². The Kier molecular flexibility index (Phi) is 4.24. The number of rotatable bonds is 6. The van der Waals surface area contributed by atoms with Gasteiger partial charge in [0.1, 0.15) is 16.5 Å². The van der Waals surface area contributed by atoms with Gasteiger partial charge in [0.2, 0.25) is 0 Å². The summed E-state index contributed by atoms with van der Waals surface area (Å²) in [5, 5.41) is 10.2. The Balaban J connectivity index is 1.60. The first-order chi connectivity index (χ1) is 12.1. The smallest absolute Gasteiger partial charge is 0.259 e. The third kappa shape index (κ3) is 3.04. The van der Waals surface area contributed by atoms with Crippen LogP contribution >= 0.6 is 23.1 Å². The molecule has 1 N–H and O–H groups in total. The van der Waals surface area contributed by atoms with Crippen molar-refractivity contribution in [3.05, 3.63) is 45.1 Å². The number of hydrogen-bond donors (Lipinski definition) is 1. The molecule has 25 heavy (non-hydrogen) atoms. The molecule has 3 heterocycles. The number of H-pyrrole nitrogens is 1. The fraction of sp³-hybridized carbons (Fsp3) is 0.412. The van der Waals surface area contributed by atoms with Crippen molar-refractivity contribution in [1.82, 2.24) is 24.7 Å². The Morgan fingerprint density at radius 3 is 2.92 bits per heavy atom. The summed E-state index contributed by atoms with van der Waals surface area (Å²) in [6.45, 7) is 8.52. The zero-order valence-corrected chi connectivity index (χ0v) is 15.8. The van der Waals surface area contributed by atoms with Gasteiger partial charge in [-0.1, -0.05) is 17.8 Å². The van der Waals surface area contributed by atoms with Crippen molar-refractivity contribution in [3.63, 3.8) is 0 Å². The molecule has 130 valence electrons. The van der Waals surface area contributed by atoms with E-state index in [4.69, 9.17) is 0 Å². The van der Waals surface area contributed by atoms with Gasteiger partial charge in [0.15, 0.2) is 5.16 Å². The molecule has 0 spiro atoms. The summed E-state index contributed by atoms with van der Waals surface area (Å²) in [6.07, 6.45) is 4.23. The number of aromatic amines is 1. The lowest BCUT2D eigenvalue weighted by Crippen LogP contribution is -2.11. The highest BCUT2D eigenvalue weighted by molar-refractivity contribution is 7.98. The van der Waals surface area contributed by atoms with Gasteiger partial charge < -0.3 is 9.55 Å². The molecule has 1 fully saturated rings. The lowest BCUT2D eigenvalue weighted by molar-refractivity contribution is 0.681. The molecule has 0 bridgehead atoms. The average molecular weight is 374 g/mol. The standard InChI is InChI=1S/C17H19N5OS2/c1-4-7-22-14(11-5-6-11)20-21-17(22)24-8-12-18-15(23)13-9(2)10(3)25-16(13)19-12/h4,11H,1,5-8H2,2-3H3,(H,18,19,23). The first-order valence-electron chi connectivity index (χ1n) is 8.24. The first-order valence-corrected chi connectivity index (χ1v) is 10.0. The quantitative estimate of drug-likeness (QED) is 0.528. The summed E-state index contributed by atoms with van der Waals surface area (Å²) in [6, 6.07) is 0. The van der Waals surface area contributed by atoms with Gasteiger partial charge in [-0.2, -0.15) is 0 Å². The number of nitrogens with one attached hydrogen (secondary N) is 1. The van der Waals surface area contributed by atoms with Gasteiger partial charge in [-0.15, -0.1) is 28.1 Å². The molecular weight excluding hydrogens is 354 g/mol. The van der Waals surface area contributed by atoms with E-state index in [1.165, 1.54) is 12.8 Å². The third-order valence-electron chi connectivity index (χ3n) is 4.43. The van der Waals surface area contributed by atoms with Crippen LogP contribution in [0.25, 0.3) is 10.2 Å². The van der Waals surface area contributed by atoms with Crippen LogP contribution in [0.2, 0.25) is 0 Å². The predicted octanol–water partition coefficient (Wildman–Crippen LogP) is 3.55. The third-order valence-corrected chi connectivity index (χ3v) is 6.50. The summed E-state index contributed by atoms with van der Waals surface area (Å²) in [5.74, 6) is 2.81. The maximum absolute atomic E-state index is 12.4. The molecule has 0 aromatic carbocycles. The van der Waals surface area contributed by atoms with E-state index >= 15 is 0 Å². The van der Waals surface area contributed by atoms with Crippen molar-refractivity contribution in [1.29, 1.82) is 0 Å². The summed E-state index contributed by atoms with van der Waals surface area (Å²) in [5.41, 5.74) is 0.960. The molecule has 4 rings (SSSR count). The van der Waals surface area contributed by atoms with E-state index in [-0.39, 0.29) is 5.56 Å². The van der Waals surface area contributed by atoms with E-state index < -0.39 is 0 Å². The highest BCUT2D eigenvalue weighted by Gasteiger charge is 2.30. The second kappa shape index (κ2) is 6.42. The molecule has 0 radical (unpaired) electrons. The average Bonchev–Trinajstić information content (AvgIpc) is 3.28. The van der Waals surface area contributed by atoms with E-state index in [1.807, 2.05) is 19.9 Å². The van der Waals surface area contributed by atoms with Crippen LogP contribution in [-0.4, -0.2) is 24.7 Å². The number of hydrogen-bond acceptors (Lipinski definition) is 6. The number of nitrogens with zero attached hydrogens (tertiary/aromatic N) is 4. The van der Waals surface area contributed by atoms with Gasteiger partial charge >= 0.3 is 0 Å². The number of thioether (sulfide) groups is 1. The van der Waals surface area contributed by atoms with E-state index in [9.17, 15) is 4.79 Å². The number of fused-ring (bicyclic) bond motifs is 1. The molecule has 3 aromatic rings. The maximum atomic E-state index is 12.4. The largest absolute Gasteiger partial charge is 0.309 e. The molecule has 0 amide bonds. The zero-order chi connectivity index (χ0) is 17.6. The Hall–Kier alpha value is -1.93. The van der Waals surface area contributed by atoms with Crippen molar-refractivity contribution in [2.75, 3.05) is 0 Å². The second-order valence-electron chi connectivity index (χ2n) is 6.28. The first kappa shape index (κ1) is 16.5. The topological polar surface area (TPSA) is 76.5 Å². The molecule has 0 atom stereocenters. The molecule has 0 saturated heterocycles. The number of aryl methyl sites for hydroxylation is 2. The van der Waals surface area contributed by atoms with Crippen LogP contribution in [-0.2, 0) is 12.3 Å². The predicted molar refractivity (Wildman–Crippen MR) is 101 cm³/mol. The van der Waals surface area contributed by atoms with E-state index in [1.54, 1.807) is 23.1 Å². The van der Waals surface area contributed by atoms with Crippen LogP contribution in [0.3, 0.4) is 0 Å². The molecule has 0 unspecified atom stereocenters. The van der Waals surface area contributed by atoms with E-state index in [2.05, 4.69) is 31.3 Å². The Morgan fingerprint density at radius 2 is 2.20 bits per heavy atom. The lowest BCUT2D eigenvalue weighted by Gasteiger charge is -2.06. The summed E-state index contributed by atoms with van der Waals surface area (Å²) in [7, 11) is 0. The molecule has 8 heteroatoms. The van der Waals surface area contributed by atoms with Gasteiger partial charge in [0, 0.05) is 17.3 Å². The minimum atomic E-state index is -0.0614. The minimum absolute atomic E-state index is 0.0614. The summed E-state index contributed by atoms with van der Waals surface area (Å²) < 4.78 is 2.12. The van der Waals surface area contributed by atoms with Crippen LogP contribution in [0.5, 0.6) is 0 Å². The van der Waals surface area contributed by atoms with Crippen molar-refractivity contribution < 1.29 is 0 Å². The van der Waals surface area contributed by atoms with Gasteiger partial charge in [0.05, 0.1) is 11.1 Å². The minimum Gasteiger partial charge on any atom is -0.309 e. The monoisotopic (exact) mass is 373 g/mol. The van der Waals surface area contributed by atoms with Crippen LogP contribution in [0.1, 0.15) is 40.8 Å². The second-order valence-corrected chi connectivity index (χ2v) is 8.42. The van der Waals surface area contributed by atoms with Crippen molar-refractivity contribution in [2.24, 2.45) is 0 Å². The van der Waals surface area contributed by atoms with Crippen LogP contribution < -0.4 is 5.56 Å². The Labute approximate surface area is 153 Å². The van der Waals surface area contributed by atoms with Gasteiger partial charge in [-0.25, -0.2) is 4.98 Å². The number of thiophene rings is 1. The maximum Gasteiger partial charge on any atom is 0.259 e. The van der Waals surface area contributed by atoms with Crippen LogP contribution in [0, 0.1) is 13.8 Å². The normalized spacial score (nSPS) is 14.3. The zero-order valence-electron chi connectivity index (χ0n) is 14.2. The Bertz CT molecular complexity index is 1010. The van der Waals surface area contributed by atoms with Gasteiger partial charge in [-0.3, -0.25) is 4.79 Å². The van der Waals surface area contributed by atoms with Crippen LogP contribution in [0.15, 0.2) is 22.6 Å². The SMILES string of the molecule is C=CCn1c(SCc2nc3sc(C)c(C)c3c(=O)[nH]2)nnc1C1CC1. The molecule has 6 nitrogen and oxygen atoms in total. The van der Waals surface area contributed by atoms with Crippen molar-refractivity contribution >= 4 is 33.3 Å². The molecule has 1 aliphatic carbocycles. The lowest BCUT2D eigenvalue weighted by atomic mass is 10.2. The molecule has 3 aromatic heterocycles. The number of allylic oxidation sites excluding steroid dienone is 1.